The van der Waals surface area contributed by atoms with Gasteiger partial charge in [0.2, 0.25) is 5.60 Å². The lowest BCUT2D eigenvalue weighted by Crippen LogP contribution is -2.71. The summed E-state index contributed by atoms with van der Waals surface area (Å²) in [6, 6.07) is 3.99. The number of aliphatic carboxylic acids is 2. The summed E-state index contributed by atoms with van der Waals surface area (Å²) in [7, 11) is 0. The Hall–Kier alpha value is -4.86. The molecule has 16 heteroatoms. The molecule has 0 aromatic carbocycles. The van der Waals surface area contributed by atoms with Crippen LogP contribution in [0.2, 0.25) is 0 Å². The summed E-state index contributed by atoms with van der Waals surface area (Å²) >= 11 is 1.25. The average molecular weight is 571 g/mol. The highest BCUT2D eigenvalue weighted by molar-refractivity contribution is 8.00. The van der Waals surface area contributed by atoms with E-state index in [9.17, 15) is 29.4 Å². The number of thioether (sulfide) groups is 1. The lowest BCUT2D eigenvalue weighted by molar-refractivity contribution is -0.669. The topological polar surface area (TPSA) is 217 Å². The molecule has 0 saturated carbocycles. The molecule has 40 heavy (non-hydrogen) atoms. The molecule has 3 aromatic rings. The molecule has 15 nitrogen and oxygen atoms in total. The number of amides is 2. The summed E-state index contributed by atoms with van der Waals surface area (Å²) < 4.78 is 12.2. The van der Waals surface area contributed by atoms with Gasteiger partial charge in [-0.1, -0.05) is 5.16 Å². The summed E-state index contributed by atoms with van der Waals surface area (Å²) in [5.74, 6) is -4.29. The highest BCUT2D eigenvalue weighted by Crippen LogP contribution is 2.40. The van der Waals surface area contributed by atoms with Crippen molar-refractivity contribution in [2.45, 2.75) is 37.4 Å². The number of nitrogens with one attached hydrogen (secondary N) is 1. The summed E-state index contributed by atoms with van der Waals surface area (Å²) in [4.78, 5) is 59.8. The van der Waals surface area contributed by atoms with Gasteiger partial charge in [-0.05, 0) is 26.0 Å². The van der Waals surface area contributed by atoms with Crippen LogP contribution in [0.15, 0.2) is 62.2 Å². The second-order valence-corrected chi connectivity index (χ2v) is 10.4. The summed E-state index contributed by atoms with van der Waals surface area (Å²) in [6.45, 7) is 2.57. The van der Waals surface area contributed by atoms with Gasteiger partial charge in [0.25, 0.3) is 17.8 Å². The first-order valence-corrected chi connectivity index (χ1v) is 12.8. The number of rotatable bonds is 9. The van der Waals surface area contributed by atoms with Crippen LogP contribution in [0.5, 0.6) is 0 Å². The van der Waals surface area contributed by atoms with Crippen molar-refractivity contribution in [3.8, 4) is 0 Å². The van der Waals surface area contributed by atoms with Crippen molar-refractivity contribution in [3.63, 3.8) is 0 Å². The number of aromatic nitrogens is 2. The summed E-state index contributed by atoms with van der Waals surface area (Å²) in [5.41, 5.74) is 3.71. The molecule has 4 N–H and O–H groups in total. The minimum absolute atomic E-state index is 0.135. The number of pyridine rings is 1. The Labute approximate surface area is 229 Å². The zero-order chi connectivity index (χ0) is 28.8. The van der Waals surface area contributed by atoms with Crippen LogP contribution >= 0.6 is 11.8 Å². The van der Waals surface area contributed by atoms with E-state index >= 15 is 0 Å². The highest BCUT2D eigenvalue weighted by Gasteiger charge is 2.53. The van der Waals surface area contributed by atoms with E-state index in [-0.39, 0.29) is 29.7 Å². The average Bonchev–Trinajstić information content (AvgIpc) is 3.56. The molecular formula is C24H22N6O9S. The Morgan fingerprint density at radius 1 is 1.38 bits per heavy atom. The first-order valence-electron chi connectivity index (χ1n) is 11.7. The van der Waals surface area contributed by atoms with E-state index in [2.05, 4.69) is 15.5 Å². The smallest absolute Gasteiger partial charge is 0.380 e. The van der Waals surface area contributed by atoms with E-state index in [1.165, 1.54) is 31.9 Å². The number of carbonyl (C=O) groups is 4. The van der Waals surface area contributed by atoms with E-state index in [1.54, 1.807) is 22.9 Å². The van der Waals surface area contributed by atoms with Crippen molar-refractivity contribution >= 4 is 58.3 Å². The van der Waals surface area contributed by atoms with E-state index in [1.807, 2.05) is 6.07 Å². The second-order valence-electron chi connectivity index (χ2n) is 9.34. The van der Waals surface area contributed by atoms with E-state index in [0.29, 0.717) is 11.3 Å². The van der Waals surface area contributed by atoms with Gasteiger partial charge < -0.3 is 39.7 Å². The number of hydrogen-bond acceptors (Lipinski definition) is 12. The summed E-state index contributed by atoms with van der Waals surface area (Å²) in [5, 5.41) is 27.7. The van der Waals surface area contributed by atoms with Crippen LogP contribution in [-0.4, -0.2) is 67.2 Å². The SMILES string of the molecule is CC(C)(ON=C(C(=O)NC1C(=O)N2C(C(=O)[O-])=C(C[n+]3cccc4ccoc43)CS[C@H]12)c1coc(N)n1)C(=O)O. The molecule has 5 heterocycles. The minimum atomic E-state index is -1.80. The number of nitrogens with zero attached hydrogens (tertiary/aromatic N) is 4. The van der Waals surface area contributed by atoms with Gasteiger partial charge in [0.1, 0.15) is 23.4 Å². The van der Waals surface area contributed by atoms with Crippen molar-refractivity contribution in [2.24, 2.45) is 5.16 Å². The van der Waals surface area contributed by atoms with Crippen LogP contribution in [0.1, 0.15) is 19.5 Å². The minimum Gasteiger partial charge on any atom is -0.543 e. The third-order valence-electron chi connectivity index (χ3n) is 6.23. The maximum atomic E-state index is 13.2. The largest absolute Gasteiger partial charge is 0.543 e. The fraction of sp³-hybridized carbons (Fsp3) is 0.292. The Morgan fingerprint density at radius 2 is 2.15 bits per heavy atom. The van der Waals surface area contributed by atoms with Crippen molar-refractivity contribution < 1.29 is 47.6 Å². The number of furan rings is 1. The number of hydrogen-bond donors (Lipinski definition) is 3. The number of carboxylic acid groups (broad SMARTS) is 2. The Morgan fingerprint density at radius 3 is 2.83 bits per heavy atom. The zero-order valence-electron chi connectivity index (χ0n) is 21.0. The molecule has 0 aliphatic carbocycles. The monoisotopic (exact) mass is 570 g/mol. The lowest BCUT2D eigenvalue weighted by atomic mass is 10.0. The third-order valence-corrected chi connectivity index (χ3v) is 7.56. The predicted octanol–water partition coefficient (Wildman–Crippen LogP) is -1.02. The number of carbonyl (C=O) groups excluding carboxylic acids is 3. The van der Waals surface area contributed by atoms with Crippen LogP contribution in [0.4, 0.5) is 6.01 Å². The zero-order valence-corrected chi connectivity index (χ0v) is 21.8. The second kappa shape index (κ2) is 10.0. The van der Waals surface area contributed by atoms with Crippen molar-refractivity contribution in [1.82, 2.24) is 15.2 Å². The molecule has 2 aliphatic heterocycles. The standard InChI is InChI=1S/C24H22N6O9S/c1-24(2,22(35)36)39-28-14(13-9-38-23(25)26-13)17(31)27-15-18(32)30-16(21(33)34)12(10-40-20(15)30)8-29-6-3-4-11-5-7-37-19(11)29/h3-7,9,15,20H,8,10H2,1-2H3,(H4-,25,26,27,31,33,34,35,36)/t15?,20-/m1/s1. The molecule has 3 aromatic heterocycles. The molecule has 1 unspecified atom stereocenters. The quantitative estimate of drug-likeness (QED) is 0.122. The highest BCUT2D eigenvalue weighted by atomic mass is 32.2. The molecule has 2 amide bonds. The number of anilines is 1. The molecular weight excluding hydrogens is 548 g/mol. The number of oxime groups is 1. The number of fused-ring (bicyclic) bond motifs is 2. The Balaban J connectivity index is 1.38. The fourth-order valence-corrected chi connectivity index (χ4v) is 5.46. The summed E-state index contributed by atoms with van der Waals surface area (Å²) in [6.07, 6.45) is 4.26. The van der Waals surface area contributed by atoms with Gasteiger partial charge in [-0.3, -0.25) is 14.5 Å². The Bertz CT molecular complexity index is 1610. The van der Waals surface area contributed by atoms with E-state index in [4.69, 9.17) is 19.4 Å². The molecule has 2 atom stereocenters. The number of oxazole rings is 1. The molecule has 0 bridgehead atoms. The number of carboxylic acids is 2. The van der Waals surface area contributed by atoms with E-state index < -0.39 is 46.5 Å². The van der Waals surface area contributed by atoms with Crippen LogP contribution < -0.4 is 20.7 Å². The molecule has 1 fully saturated rings. The van der Waals surface area contributed by atoms with Crippen LogP contribution in [-0.2, 0) is 30.6 Å². The van der Waals surface area contributed by atoms with Gasteiger partial charge in [-0.2, -0.15) is 9.55 Å². The molecule has 0 radical (unpaired) electrons. The first-order chi connectivity index (χ1) is 19.0. The number of β-lactam (4-membered cyclic amide) rings is 1. The van der Waals surface area contributed by atoms with Crippen LogP contribution in [0.25, 0.3) is 11.1 Å². The molecule has 208 valence electrons. The molecule has 1 saturated heterocycles. The molecule has 2 aliphatic rings. The maximum Gasteiger partial charge on any atom is 0.380 e. The molecule has 0 spiro atoms. The third kappa shape index (κ3) is 4.72. The Kier molecular flexibility index (Phi) is 6.70. The fourth-order valence-electron chi connectivity index (χ4n) is 4.12. The normalized spacial score (nSPS) is 19.3. The van der Waals surface area contributed by atoms with Gasteiger partial charge in [-0.15, -0.1) is 11.8 Å². The van der Waals surface area contributed by atoms with Gasteiger partial charge in [0.05, 0.1) is 23.3 Å². The van der Waals surface area contributed by atoms with Gasteiger partial charge in [0.15, 0.2) is 18.5 Å². The van der Waals surface area contributed by atoms with Gasteiger partial charge >= 0.3 is 11.7 Å². The van der Waals surface area contributed by atoms with Crippen molar-refractivity contribution in [3.05, 3.63) is 53.9 Å². The van der Waals surface area contributed by atoms with E-state index in [0.717, 1.165) is 16.5 Å². The lowest BCUT2D eigenvalue weighted by Gasteiger charge is -2.50. The number of nitrogens with two attached hydrogens (primary N) is 1. The van der Waals surface area contributed by atoms with Crippen LogP contribution in [0.3, 0.4) is 0 Å². The van der Waals surface area contributed by atoms with Gasteiger partial charge in [0, 0.05) is 17.4 Å². The van der Waals surface area contributed by atoms with Crippen molar-refractivity contribution in [1.29, 1.82) is 0 Å². The van der Waals surface area contributed by atoms with Gasteiger partial charge in [-0.25, -0.2) is 4.79 Å². The van der Waals surface area contributed by atoms with Crippen LogP contribution in [0, 0.1) is 0 Å². The predicted molar refractivity (Wildman–Crippen MR) is 134 cm³/mol. The first kappa shape index (κ1) is 26.7. The maximum absolute atomic E-state index is 13.2. The molecule has 5 rings (SSSR count). The van der Waals surface area contributed by atoms with Crippen molar-refractivity contribution in [2.75, 3.05) is 11.5 Å². The number of nitrogen functional groups attached to an aromatic ring is 1.